The summed E-state index contributed by atoms with van der Waals surface area (Å²) >= 11 is 0. The van der Waals surface area contributed by atoms with E-state index in [9.17, 15) is 10.1 Å². The van der Waals surface area contributed by atoms with Crippen LogP contribution in [0.15, 0.2) is 42.6 Å². The molecule has 1 heterocycles. The Morgan fingerprint density at radius 2 is 2.09 bits per heavy atom. The topological polar surface area (TPSA) is 83.1 Å². The van der Waals surface area contributed by atoms with E-state index in [1.165, 1.54) is 12.3 Å². The number of benzene rings is 1. The van der Waals surface area contributed by atoms with Crippen LogP contribution in [-0.4, -0.2) is 15.9 Å². The van der Waals surface area contributed by atoms with E-state index in [2.05, 4.69) is 9.88 Å². The maximum Gasteiger partial charge on any atom is 0.274 e. The van der Waals surface area contributed by atoms with Crippen molar-refractivity contribution in [1.82, 2.24) is 4.98 Å². The first-order valence-electron chi connectivity index (χ1n) is 7.04. The first kappa shape index (κ1) is 14.0. The zero-order valence-electron chi connectivity index (χ0n) is 11.8. The normalized spacial score (nSPS) is 13.4. The van der Waals surface area contributed by atoms with E-state index in [-0.39, 0.29) is 10.6 Å². The fraction of sp³-hybridized carbons (Fsp3) is 0.250. The Kier molecular flexibility index (Phi) is 3.71. The second kappa shape index (κ2) is 5.82. The number of hydrogen-bond donors (Lipinski definition) is 0. The molecule has 0 spiro atoms. The highest BCUT2D eigenvalue weighted by Gasteiger charge is 2.31. The number of nitrogens with zero attached hydrogens (tertiary/aromatic N) is 4. The second-order valence-electron chi connectivity index (χ2n) is 5.26. The molecule has 6 nitrogen and oxygen atoms in total. The first-order chi connectivity index (χ1) is 10.7. The summed E-state index contributed by atoms with van der Waals surface area (Å²) in [5.41, 5.74) is 1.30. The lowest BCUT2D eigenvalue weighted by molar-refractivity contribution is -0.385. The van der Waals surface area contributed by atoms with Gasteiger partial charge in [-0.25, -0.2) is 4.98 Å². The fourth-order valence-electron chi connectivity index (χ4n) is 2.41. The number of nitriles is 1. The molecule has 0 saturated heterocycles. The average molecular weight is 294 g/mol. The molecule has 1 saturated carbocycles. The number of rotatable bonds is 5. The summed E-state index contributed by atoms with van der Waals surface area (Å²) in [6, 6.07) is 12.7. The SMILES string of the molecule is N#Cc1ccc(N(Cc2ccccc2[N+](=O)[O-])C2CC2)nc1. The van der Waals surface area contributed by atoms with E-state index in [0.29, 0.717) is 23.7 Å². The molecule has 1 aliphatic rings. The Bertz CT molecular complexity index is 733. The van der Waals surface area contributed by atoms with Crippen LogP contribution in [0.2, 0.25) is 0 Å². The van der Waals surface area contributed by atoms with Gasteiger partial charge in [-0.3, -0.25) is 10.1 Å². The van der Waals surface area contributed by atoms with Gasteiger partial charge in [-0.1, -0.05) is 18.2 Å². The molecule has 6 heteroatoms. The van der Waals surface area contributed by atoms with Crippen LogP contribution in [0.5, 0.6) is 0 Å². The molecule has 1 aromatic carbocycles. The molecule has 0 atom stereocenters. The lowest BCUT2D eigenvalue weighted by atomic mass is 10.1. The number of anilines is 1. The molecule has 1 fully saturated rings. The van der Waals surface area contributed by atoms with Crippen molar-refractivity contribution in [3.8, 4) is 6.07 Å². The first-order valence-corrected chi connectivity index (χ1v) is 7.04. The quantitative estimate of drug-likeness (QED) is 0.625. The average Bonchev–Trinajstić information content (AvgIpc) is 3.38. The van der Waals surface area contributed by atoms with Gasteiger partial charge in [-0.2, -0.15) is 5.26 Å². The van der Waals surface area contributed by atoms with E-state index < -0.39 is 0 Å². The summed E-state index contributed by atoms with van der Waals surface area (Å²) in [6.45, 7) is 0.445. The van der Waals surface area contributed by atoms with Crippen LogP contribution < -0.4 is 4.90 Å². The van der Waals surface area contributed by atoms with E-state index in [1.54, 1.807) is 30.3 Å². The monoisotopic (exact) mass is 294 g/mol. The van der Waals surface area contributed by atoms with Gasteiger partial charge < -0.3 is 4.90 Å². The number of hydrogen-bond acceptors (Lipinski definition) is 5. The van der Waals surface area contributed by atoms with Crippen molar-refractivity contribution in [3.63, 3.8) is 0 Å². The van der Waals surface area contributed by atoms with E-state index >= 15 is 0 Å². The Balaban J connectivity index is 1.89. The summed E-state index contributed by atoms with van der Waals surface area (Å²) in [6.07, 6.45) is 3.65. The Labute approximate surface area is 127 Å². The third kappa shape index (κ3) is 2.88. The molecule has 0 N–H and O–H groups in total. The number of nitro benzene ring substituents is 1. The molecule has 0 unspecified atom stereocenters. The van der Waals surface area contributed by atoms with Gasteiger partial charge in [0, 0.05) is 23.9 Å². The van der Waals surface area contributed by atoms with Crippen molar-refractivity contribution in [3.05, 3.63) is 63.8 Å². The van der Waals surface area contributed by atoms with Crippen LogP contribution in [0.1, 0.15) is 24.0 Å². The molecule has 0 aliphatic heterocycles. The van der Waals surface area contributed by atoms with Crippen molar-refractivity contribution in [2.75, 3.05) is 4.90 Å². The number of nitro groups is 1. The van der Waals surface area contributed by atoms with Crippen LogP contribution in [0.25, 0.3) is 0 Å². The van der Waals surface area contributed by atoms with Crippen LogP contribution in [0, 0.1) is 21.4 Å². The standard InChI is InChI=1S/C16H14N4O2/c17-9-12-5-8-16(18-10-12)19(14-6-7-14)11-13-3-1-2-4-15(13)20(21)22/h1-5,8,10,14H,6-7,11H2. The molecule has 1 aromatic heterocycles. The van der Waals surface area contributed by atoms with Gasteiger partial charge >= 0.3 is 0 Å². The minimum atomic E-state index is -0.355. The van der Waals surface area contributed by atoms with Gasteiger partial charge in [0.25, 0.3) is 5.69 Å². The summed E-state index contributed by atoms with van der Waals surface area (Å²) in [5, 5.41) is 20.0. The molecular formula is C16H14N4O2. The van der Waals surface area contributed by atoms with Crippen LogP contribution >= 0.6 is 0 Å². The number of aromatic nitrogens is 1. The minimum Gasteiger partial charge on any atom is -0.349 e. The van der Waals surface area contributed by atoms with E-state index in [1.807, 2.05) is 6.07 Å². The Morgan fingerprint density at radius 1 is 1.32 bits per heavy atom. The summed E-state index contributed by atoms with van der Waals surface area (Å²) in [5.74, 6) is 0.750. The molecule has 0 bridgehead atoms. The highest BCUT2D eigenvalue weighted by Crippen LogP contribution is 2.33. The van der Waals surface area contributed by atoms with Crippen LogP contribution in [0.3, 0.4) is 0 Å². The zero-order chi connectivity index (χ0) is 15.5. The molecule has 0 amide bonds. The van der Waals surface area contributed by atoms with Gasteiger partial charge in [-0.05, 0) is 25.0 Å². The lowest BCUT2D eigenvalue weighted by Gasteiger charge is -2.23. The van der Waals surface area contributed by atoms with Gasteiger partial charge in [-0.15, -0.1) is 0 Å². The van der Waals surface area contributed by atoms with Gasteiger partial charge in [0.2, 0.25) is 0 Å². The molecule has 0 radical (unpaired) electrons. The summed E-state index contributed by atoms with van der Waals surface area (Å²) in [4.78, 5) is 17.2. The Hall–Kier alpha value is -2.94. The van der Waals surface area contributed by atoms with Gasteiger partial charge in [0.15, 0.2) is 0 Å². The van der Waals surface area contributed by atoms with Gasteiger partial charge in [0.05, 0.1) is 17.0 Å². The van der Waals surface area contributed by atoms with Crippen LogP contribution in [-0.2, 0) is 6.54 Å². The molecule has 2 aromatic rings. The highest BCUT2D eigenvalue weighted by molar-refractivity contribution is 5.48. The third-order valence-corrected chi connectivity index (χ3v) is 3.69. The summed E-state index contributed by atoms with van der Waals surface area (Å²) in [7, 11) is 0. The highest BCUT2D eigenvalue weighted by atomic mass is 16.6. The lowest BCUT2D eigenvalue weighted by Crippen LogP contribution is -2.26. The molecule has 22 heavy (non-hydrogen) atoms. The second-order valence-corrected chi connectivity index (χ2v) is 5.26. The molecular weight excluding hydrogens is 280 g/mol. The third-order valence-electron chi connectivity index (χ3n) is 3.69. The fourth-order valence-corrected chi connectivity index (χ4v) is 2.41. The van der Waals surface area contributed by atoms with Crippen molar-refractivity contribution < 1.29 is 4.92 Å². The smallest absolute Gasteiger partial charge is 0.274 e. The van der Waals surface area contributed by atoms with Crippen LogP contribution in [0.4, 0.5) is 11.5 Å². The predicted octanol–water partition coefficient (Wildman–Crippen LogP) is 3.03. The van der Waals surface area contributed by atoms with Crippen molar-refractivity contribution in [2.45, 2.75) is 25.4 Å². The molecule has 110 valence electrons. The predicted molar refractivity (Wildman–Crippen MR) is 81.3 cm³/mol. The zero-order valence-corrected chi connectivity index (χ0v) is 11.8. The van der Waals surface area contributed by atoms with Crippen molar-refractivity contribution in [2.24, 2.45) is 0 Å². The van der Waals surface area contributed by atoms with Gasteiger partial charge in [0.1, 0.15) is 11.9 Å². The molecule has 1 aliphatic carbocycles. The Morgan fingerprint density at radius 3 is 2.68 bits per heavy atom. The van der Waals surface area contributed by atoms with Crippen molar-refractivity contribution in [1.29, 1.82) is 5.26 Å². The summed E-state index contributed by atoms with van der Waals surface area (Å²) < 4.78 is 0. The van der Waals surface area contributed by atoms with Crippen molar-refractivity contribution >= 4 is 11.5 Å². The maximum atomic E-state index is 11.1. The number of para-hydroxylation sites is 1. The van der Waals surface area contributed by atoms with E-state index in [4.69, 9.17) is 5.26 Å². The molecule has 3 rings (SSSR count). The minimum absolute atomic E-state index is 0.127. The number of pyridine rings is 1. The van der Waals surface area contributed by atoms with E-state index in [0.717, 1.165) is 18.7 Å². The maximum absolute atomic E-state index is 11.1. The largest absolute Gasteiger partial charge is 0.349 e.